The maximum Gasteiger partial charge on any atom is 0.305 e. The topological polar surface area (TPSA) is 66.8 Å². The van der Waals surface area contributed by atoms with E-state index in [4.69, 9.17) is 4.74 Å². The van der Waals surface area contributed by atoms with Gasteiger partial charge in [-0.25, -0.2) is 4.39 Å². The van der Waals surface area contributed by atoms with Gasteiger partial charge in [-0.05, 0) is 97.2 Å². The van der Waals surface area contributed by atoms with Crippen molar-refractivity contribution in [2.45, 2.75) is 104 Å². The Labute approximate surface area is 193 Å². The zero-order valence-corrected chi connectivity index (χ0v) is 20.7. The lowest BCUT2D eigenvalue weighted by atomic mass is 9.41. The van der Waals surface area contributed by atoms with Crippen molar-refractivity contribution in [3.8, 4) is 0 Å². The van der Waals surface area contributed by atoms with Crippen molar-refractivity contribution < 1.29 is 24.1 Å². The Hall–Kier alpha value is -0.680. The lowest BCUT2D eigenvalue weighted by Crippen LogP contribution is -2.63. The third-order valence-corrected chi connectivity index (χ3v) is 11.2. The molecule has 12 atom stereocenters. The van der Waals surface area contributed by atoms with E-state index in [1.54, 1.807) is 0 Å². The highest BCUT2D eigenvalue weighted by molar-refractivity contribution is 5.69. The molecule has 0 amide bonds. The number of ether oxygens (including phenoxy) is 1. The summed E-state index contributed by atoms with van der Waals surface area (Å²) < 4.78 is 19.7. The quantitative estimate of drug-likeness (QED) is 0.566. The molecule has 4 rings (SSSR count). The number of halogens is 1. The molecule has 0 saturated heterocycles. The van der Waals surface area contributed by atoms with Gasteiger partial charge < -0.3 is 14.9 Å². The van der Waals surface area contributed by atoms with Crippen LogP contribution >= 0.6 is 0 Å². The number of aliphatic hydroxyl groups excluding tert-OH is 2. The van der Waals surface area contributed by atoms with E-state index in [1.807, 2.05) is 0 Å². The van der Waals surface area contributed by atoms with Gasteiger partial charge in [-0.2, -0.15) is 0 Å². The summed E-state index contributed by atoms with van der Waals surface area (Å²) in [5.41, 5.74) is 0.0294. The molecule has 4 aliphatic rings. The van der Waals surface area contributed by atoms with Crippen LogP contribution in [0.15, 0.2) is 0 Å². The molecule has 0 aromatic heterocycles. The molecule has 0 radical (unpaired) electrons. The molecule has 0 aromatic carbocycles. The third-order valence-electron chi connectivity index (χ3n) is 11.2. The minimum Gasteiger partial charge on any atom is -0.469 e. The Balaban J connectivity index is 1.60. The maximum atomic E-state index is 14.8. The number of rotatable bonds is 5. The molecule has 3 unspecified atom stereocenters. The van der Waals surface area contributed by atoms with Crippen molar-refractivity contribution in [3.05, 3.63) is 0 Å². The number of alkyl halides is 1. The van der Waals surface area contributed by atoms with Crippen molar-refractivity contribution in [1.29, 1.82) is 0 Å². The Kier molecular flexibility index (Phi) is 6.75. The van der Waals surface area contributed by atoms with Gasteiger partial charge in [0, 0.05) is 6.42 Å². The number of methoxy groups -OCH3 is 1. The van der Waals surface area contributed by atoms with Crippen LogP contribution in [0, 0.1) is 52.3 Å². The second kappa shape index (κ2) is 8.83. The summed E-state index contributed by atoms with van der Waals surface area (Å²) in [7, 11) is 1.45. The highest BCUT2D eigenvalue weighted by Gasteiger charge is 2.65. The molecular formula is C27H45FO4. The number of aliphatic hydroxyl groups is 2. The summed E-state index contributed by atoms with van der Waals surface area (Å²) in [6, 6.07) is 0. The van der Waals surface area contributed by atoms with Crippen LogP contribution in [0.4, 0.5) is 4.39 Å². The highest BCUT2D eigenvalue weighted by atomic mass is 19.1. The SMILES string of the molecule is CC[C@H]1[C@@H](O)C2C3CC[C@H]([C@H](C)CCC(=O)OC)[C@@]3(C)CCC2[C@@]2(C)C[C@H](F)[C@@H](O)C[C@@H]12. The number of fused-ring (bicyclic) bond motifs is 5. The molecule has 5 heteroatoms. The van der Waals surface area contributed by atoms with Crippen molar-refractivity contribution in [2.24, 2.45) is 52.3 Å². The summed E-state index contributed by atoms with van der Waals surface area (Å²) >= 11 is 0. The summed E-state index contributed by atoms with van der Waals surface area (Å²) in [6.45, 7) is 9.14. The number of hydrogen-bond acceptors (Lipinski definition) is 4. The van der Waals surface area contributed by atoms with Crippen molar-refractivity contribution in [2.75, 3.05) is 7.11 Å². The molecule has 2 N–H and O–H groups in total. The Morgan fingerprint density at radius 2 is 1.81 bits per heavy atom. The van der Waals surface area contributed by atoms with Crippen LogP contribution in [0.2, 0.25) is 0 Å². The van der Waals surface area contributed by atoms with E-state index in [-0.39, 0.29) is 40.7 Å². The van der Waals surface area contributed by atoms with E-state index >= 15 is 0 Å². The van der Waals surface area contributed by atoms with Gasteiger partial charge in [-0.15, -0.1) is 0 Å². The first-order chi connectivity index (χ1) is 15.1. The molecule has 32 heavy (non-hydrogen) atoms. The first-order valence-corrected chi connectivity index (χ1v) is 13.2. The summed E-state index contributed by atoms with van der Waals surface area (Å²) in [5.74, 6) is 2.22. The van der Waals surface area contributed by atoms with E-state index in [9.17, 15) is 19.4 Å². The summed E-state index contributed by atoms with van der Waals surface area (Å²) in [4.78, 5) is 11.7. The van der Waals surface area contributed by atoms with Crippen LogP contribution in [0.25, 0.3) is 0 Å². The first kappa shape index (κ1) is 24.4. The number of esters is 1. The standard InChI is InChI=1S/C27H45FO4/c1-6-16-20-13-22(29)21(28)14-27(20,4)19-11-12-26(3)17(15(2)7-10-23(30)32-5)8-9-18(26)24(19)25(16)31/h15-22,24-25,29,31H,6-14H2,1-5H3/t15-,16-,17-,18?,19?,20+,21+,22+,24?,25-,26-,27-/m1/s1. The van der Waals surface area contributed by atoms with Crippen molar-refractivity contribution in [3.63, 3.8) is 0 Å². The normalized spacial score (nSPS) is 51.3. The molecule has 184 valence electrons. The number of carbonyl (C=O) groups excluding carboxylic acids is 1. The molecule has 4 nitrogen and oxygen atoms in total. The van der Waals surface area contributed by atoms with Crippen LogP contribution < -0.4 is 0 Å². The lowest BCUT2D eigenvalue weighted by Gasteiger charge is -2.65. The molecular weight excluding hydrogens is 407 g/mol. The average Bonchev–Trinajstić information content (AvgIpc) is 3.11. The van der Waals surface area contributed by atoms with Gasteiger partial charge in [-0.1, -0.05) is 34.1 Å². The first-order valence-electron chi connectivity index (χ1n) is 13.2. The largest absolute Gasteiger partial charge is 0.469 e. The van der Waals surface area contributed by atoms with E-state index < -0.39 is 12.3 Å². The Morgan fingerprint density at radius 1 is 1.12 bits per heavy atom. The third kappa shape index (κ3) is 3.65. The van der Waals surface area contributed by atoms with Crippen LogP contribution in [-0.2, 0) is 9.53 Å². The van der Waals surface area contributed by atoms with Gasteiger partial charge in [0.2, 0.25) is 0 Å². The predicted octanol–water partition coefficient (Wildman–Crippen LogP) is 5.15. The zero-order valence-electron chi connectivity index (χ0n) is 20.7. The fourth-order valence-corrected chi connectivity index (χ4v) is 9.59. The highest BCUT2D eigenvalue weighted by Crippen LogP contribution is 2.69. The molecule has 0 aromatic rings. The fourth-order valence-electron chi connectivity index (χ4n) is 9.59. The van der Waals surface area contributed by atoms with Gasteiger partial charge in [0.05, 0.1) is 19.3 Å². The molecule has 0 aliphatic heterocycles. The van der Waals surface area contributed by atoms with Crippen LogP contribution in [-0.4, -0.2) is 41.7 Å². The maximum absolute atomic E-state index is 14.8. The summed E-state index contributed by atoms with van der Waals surface area (Å²) in [5, 5.41) is 22.1. The molecule has 4 fully saturated rings. The number of hydrogen-bond donors (Lipinski definition) is 2. The van der Waals surface area contributed by atoms with Crippen molar-refractivity contribution in [1.82, 2.24) is 0 Å². The van der Waals surface area contributed by atoms with Crippen LogP contribution in [0.5, 0.6) is 0 Å². The van der Waals surface area contributed by atoms with Gasteiger partial charge >= 0.3 is 5.97 Å². The van der Waals surface area contributed by atoms with E-state index in [0.717, 1.165) is 38.5 Å². The lowest BCUT2D eigenvalue weighted by molar-refractivity contribution is -0.213. The van der Waals surface area contributed by atoms with Gasteiger partial charge in [-0.3, -0.25) is 4.79 Å². The average molecular weight is 453 g/mol. The van der Waals surface area contributed by atoms with Crippen LogP contribution in [0.3, 0.4) is 0 Å². The van der Waals surface area contributed by atoms with Gasteiger partial charge in [0.1, 0.15) is 6.17 Å². The van der Waals surface area contributed by atoms with E-state index in [1.165, 1.54) is 7.11 Å². The summed E-state index contributed by atoms with van der Waals surface area (Å²) in [6.07, 6.45) is 5.20. The van der Waals surface area contributed by atoms with Crippen molar-refractivity contribution >= 4 is 5.97 Å². The smallest absolute Gasteiger partial charge is 0.305 e. The van der Waals surface area contributed by atoms with Gasteiger partial charge in [0.25, 0.3) is 0 Å². The second-order valence-electron chi connectivity index (χ2n) is 12.3. The molecule has 4 saturated carbocycles. The van der Waals surface area contributed by atoms with Gasteiger partial charge in [0.15, 0.2) is 0 Å². The Morgan fingerprint density at radius 3 is 2.47 bits per heavy atom. The van der Waals surface area contributed by atoms with E-state index in [0.29, 0.717) is 42.9 Å². The Bertz CT molecular complexity index is 699. The zero-order chi connectivity index (χ0) is 23.4. The molecule has 0 heterocycles. The second-order valence-corrected chi connectivity index (χ2v) is 12.3. The number of carbonyl (C=O) groups is 1. The molecule has 4 aliphatic carbocycles. The minimum absolute atomic E-state index is 0.132. The van der Waals surface area contributed by atoms with E-state index in [2.05, 4.69) is 27.7 Å². The van der Waals surface area contributed by atoms with Crippen LogP contribution in [0.1, 0.15) is 85.5 Å². The minimum atomic E-state index is -1.15. The predicted molar refractivity (Wildman–Crippen MR) is 122 cm³/mol. The monoisotopic (exact) mass is 452 g/mol. The fraction of sp³-hybridized carbons (Fsp3) is 0.963. The molecule has 0 bridgehead atoms. The molecule has 0 spiro atoms.